The van der Waals surface area contributed by atoms with Crippen LogP contribution in [-0.4, -0.2) is 26.3 Å². The van der Waals surface area contributed by atoms with Crippen LogP contribution in [0.25, 0.3) is 6.08 Å². The SMILES string of the molecule is CCCCCCCCOCO[C@@H]1C/C(=C/c2ccccc2)CO1. The third kappa shape index (κ3) is 7.78. The third-order valence-corrected chi connectivity index (χ3v) is 4.03. The van der Waals surface area contributed by atoms with E-state index in [1.807, 2.05) is 18.2 Å². The fourth-order valence-electron chi connectivity index (χ4n) is 2.69. The highest BCUT2D eigenvalue weighted by molar-refractivity contribution is 5.53. The van der Waals surface area contributed by atoms with Gasteiger partial charge in [0.05, 0.1) is 6.61 Å². The van der Waals surface area contributed by atoms with E-state index in [0.29, 0.717) is 13.4 Å². The fourth-order valence-corrected chi connectivity index (χ4v) is 2.69. The van der Waals surface area contributed by atoms with E-state index in [1.165, 1.54) is 43.2 Å². The van der Waals surface area contributed by atoms with Crippen LogP contribution in [0.15, 0.2) is 35.9 Å². The maximum absolute atomic E-state index is 5.64. The van der Waals surface area contributed by atoms with Crippen LogP contribution in [0, 0.1) is 0 Å². The average molecular weight is 318 g/mol. The van der Waals surface area contributed by atoms with Crippen LogP contribution in [0.3, 0.4) is 0 Å². The molecule has 0 bridgehead atoms. The van der Waals surface area contributed by atoms with Gasteiger partial charge in [0.25, 0.3) is 0 Å². The van der Waals surface area contributed by atoms with Gasteiger partial charge in [0.2, 0.25) is 0 Å². The van der Waals surface area contributed by atoms with E-state index >= 15 is 0 Å². The summed E-state index contributed by atoms with van der Waals surface area (Å²) in [5.74, 6) is 0. The second-order valence-corrected chi connectivity index (χ2v) is 6.12. The van der Waals surface area contributed by atoms with Gasteiger partial charge in [0.15, 0.2) is 6.29 Å². The molecule has 2 rings (SSSR count). The lowest BCUT2D eigenvalue weighted by atomic mass is 10.1. The van der Waals surface area contributed by atoms with Gasteiger partial charge in [0.1, 0.15) is 6.79 Å². The van der Waals surface area contributed by atoms with Crippen molar-refractivity contribution in [1.82, 2.24) is 0 Å². The number of hydrogen-bond acceptors (Lipinski definition) is 3. The largest absolute Gasteiger partial charge is 0.355 e. The zero-order valence-electron chi connectivity index (χ0n) is 14.3. The molecule has 0 spiro atoms. The van der Waals surface area contributed by atoms with Gasteiger partial charge in [-0.05, 0) is 17.6 Å². The number of hydrogen-bond donors (Lipinski definition) is 0. The summed E-state index contributed by atoms with van der Waals surface area (Å²) in [6.07, 6.45) is 10.5. The van der Waals surface area contributed by atoms with E-state index in [2.05, 4.69) is 25.1 Å². The normalized spacial score (nSPS) is 19.5. The highest BCUT2D eigenvalue weighted by Crippen LogP contribution is 2.22. The first-order valence-electron chi connectivity index (χ1n) is 8.94. The summed E-state index contributed by atoms with van der Waals surface area (Å²) >= 11 is 0. The molecule has 0 amide bonds. The van der Waals surface area contributed by atoms with Crippen LogP contribution in [0.5, 0.6) is 0 Å². The monoisotopic (exact) mass is 318 g/mol. The minimum absolute atomic E-state index is 0.158. The summed E-state index contributed by atoms with van der Waals surface area (Å²) in [7, 11) is 0. The highest BCUT2D eigenvalue weighted by Gasteiger charge is 2.20. The van der Waals surface area contributed by atoms with Gasteiger partial charge in [-0.25, -0.2) is 0 Å². The summed E-state index contributed by atoms with van der Waals surface area (Å²) in [4.78, 5) is 0. The van der Waals surface area contributed by atoms with Crippen molar-refractivity contribution >= 4 is 6.08 Å². The molecule has 3 nitrogen and oxygen atoms in total. The van der Waals surface area contributed by atoms with Crippen molar-refractivity contribution < 1.29 is 14.2 Å². The van der Waals surface area contributed by atoms with E-state index in [-0.39, 0.29) is 6.29 Å². The van der Waals surface area contributed by atoms with Crippen LogP contribution in [0.2, 0.25) is 0 Å². The molecule has 0 aliphatic carbocycles. The first kappa shape index (κ1) is 18.2. The second-order valence-electron chi connectivity index (χ2n) is 6.12. The Hall–Kier alpha value is -1.16. The van der Waals surface area contributed by atoms with Crippen molar-refractivity contribution in [3.05, 3.63) is 41.5 Å². The Kier molecular flexibility index (Phi) is 9.00. The first-order chi connectivity index (χ1) is 11.4. The Bertz CT molecular complexity index is 441. The van der Waals surface area contributed by atoms with Crippen molar-refractivity contribution in [3.8, 4) is 0 Å². The predicted molar refractivity (Wildman–Crippen MR) is 94.1 cm³/mol. The minimum Gasteiger partial charge on any atom is -0.355 e. The number of unbranched alkanes of at least 4 members (excludes halogenated alkanes) is 5. The minimum atomic E-state index is -0.158. The molecule has 1 atom stereocenters. The van der Waals surface area contributed by atoms with Crippen LogP contribution in [0.1, 0.15) is 57.4 Å². The van der Waals surface area contributed by atoms with Gasteiger partial charge in [0, 0.05) is 13.0 Å². The van der Waals surface area contributed by atoms with Gasteiger partial charge in [-0.2, -0.15) is 0 Å². The van der Waals surface area contributed by atoms with E-state index in [4.69, 9.17) is 14.2 Å². The Balaban J connectivity index is 1.50. The Labute approximate surface area is 140 Å². The van der Waals surface area contributed by atoms with Gasteiger partial charge >= 0.3 is 0 Å². The quantitative estimate of drug-likeness (QED) is 0.416. The lowest BCUT2D eigenvalue weighted by molar-refractivity contribution is -0.174. The molecule has 128 valence electrons. The van der Waals surface area contributed by atoms with Crippen LogP contribution >= 0.6 is 0 Å². The smallest absolute Gasteiger partial charge is 0.164 e. The van der Waals surface area contributed by atoms with Gasteiger partial charge < -0.3 is 14.2 Å². The Morgan fingerprint density at radius 2 is 1.87 bits per heavy atom. The molecule has 1 heterocycles. The Morgan fingerprint density at radius 1 is 1.09 bits per heavy atom. The predicted octanol–water partition coefficient (Wildman–Crippen LogP) is 5.17. The molecule has 0 radical (unpaired) electrons. The molecule has 0 unspecified atom stereocenters. The molecular weight excluding hydrogens is 288 g/mol. The maximum atomic E-state index is 5.64. The molecule has 1 aromatic rings. The molecule has 1 fully saturated rings. The molecule has 3 heteroatoms. The standard InChI is InChI=1S/C20H30O3/c1-2-3-4-5-6-10-13-21-17-23-20-15-19(16-22-20)14-18-11-8-7-9-12-18/h7-9,11-12,14,20H,2-6,10,13,15-17H2,1H3/b19-14-/t20-/m1/s1. The topological polar surface area (TPSA) is 27.7 Å². The zero-order chi connectivity index (χ0) is 16.2. The molecule has 1 aliphatic heterocycles. The van der Waals surface area contributed by atoms with Gasteiger partial charge in [-0.1, -0.05) is 75.4 Å². The van der Waals surface area contributed by atoms with Crippen molar-refractivity contribution in [3.63, 3.8) is 0 Å². The lowest BCUT2D eigenvalue weighted by Crippen LogP contribution is -2.13. The fraction of sp³-hybridized carbons (Fsp3) is 0.600. The van der Waals surface area contributed by atoms with Crippen LogP contribution in [0.4, 0.5) is 0 Å². The second kappa shape index (κ2) is 11.4. The number of benzene rings is 1. The van der Waals surface area contributed by atoms with E-state index < -0.39 is 0 Å². The van der Waals surface area contributed by atoms with Crippen molar-refractivity contribution in [2.24, 2.45) is 0 Å². The summed E-state index contributed by atoms with van der Waals surface area (Å²) in [6, 6.07) is 10.3. The molecular formula is C20H30O3. The molecule has 23 heavy (non-hydrogen) atoms. The Morgan fingerprint density at radius 3 is 2.70 bits per heavy atom. The average Bonchev–Trinajstić information content (AvgIpc) is 3.01. The molecule has 0 saturated carbocycles. The van der Waals surface area contributed by atoms with E-state index in [1.54, 1.807) is 0 Å². The number of ether oxygens (including phenoxy) is 3. The summed E-state index contributed by atoms with van der Waals surface area (Å²) in [6.45, 7) is 4.01. The molecule has 0 aromatic heterocycles. The highest BCUT2D eigenvalue weighted by atomic mass is 16.7. The summed E-state index contributed by atoms with van der Waals surface area (Å²) in [5.41, 5.74) is 2.49. The zero-order valence-corrected chi connectivity index (χ0v) is 14.3. The summed E-state index contributed by atoms with van der Waals surface area (Å²) in [5, 5.41) is 0. The molecule has 1 aliphatic rings. The van der Waals surface area contributed by atoms with Crippen molar-refractivity contribution in [2.75, 3.05) is 20.0 Å². The van der Waals surface area contributed by atoms with Crippen molar-refractivity contribution in [2.45, 2.75) is 58.2 Å². The maximum Gasteiger partial charge on any atom is 0.164 e. The van der Waals surface area contributed by atoms with Gasteiger partial charge in [-0.3, -0.25) is 0 Å². The molecule has 1 saturated heterocycles. The van der Waals surface area contributed by atoms with Crippen LogP contribution in [-0.2, 0) is 14.2 Å². The van der Waals surface area contributed by atoms with Crippen molar-refractivity contribution in [1.29, 1.82) is 0 Å². The molecule has 0 N–H and O–H groups in total. The molecule has 1 aromatic carbocycles. The third-order valence-electron chi connectivity index (χ3n) is 4.03. The van der Waals surface area contributed by atoms with Gasteiger partial charge in [-0.15, -0.1) is 0 Å². The summed E-state index contributed by atoms with van der Waals surface area (Å²) < 4.78 is 16.8. The van der Waals surface area contributed by atoms with Crippen LogP contribution < -0.4 is 0 Å². The van der Waals surface area contributed by atoms with E-state index in [0.717, 1.165) is 19.4 Å². The lowest BCUT2D eigenvalue weighted by Gasteiger charge is -2.10. The first-order valence-corrected chi connectivity index (χ1v) is 8.94. The number of rotatable bonds is 11. The van der Waals surface area contributed by atoms with E-state index in [9.17, 15) is 0 Å².